The van der Waals surface area contributed by atoms with Crippen molar-refractivity contribution in [2.75, 3.05) is 7.11 Å². The van der Waals surface area contributed by atoms with E-state index in [2.05, 4.69) is 24.0 Å². The van der Waals surface area contributed by atoms with Crippen LogP contribution >= 0.6 is 11.3 Å². The third-order valence-electron chi connectivity index (χ3n) is 3.91. The molecule has 2 aromatic heterocycles. The van der Waals surface area contributed by atoms with E-state index in [-0.39, 0.29) is 5.63 Å². The molecule has 120 valence electrons. The molecule has 0 aliphatic heterocycles. The normalized spacial score (nSPS) is 11.4. The van der Waals surface area contributed by atoms with Crippen LogP contribution in [0.1, 0.15) is 35.9 Å². The lowest BCUT2D eigenvalue weighted by molar-refractivity contribution is 0.418. The second-order valence-electron chi connectivity index (χ2n) is 5.79. The molecule has 0 amide bonds. The number of rotatable bonds is 3. The zero-order valence-electron chi connectivity index (χ0n) is 13.8. The minimum absolute atomic E-state index is 0.325. The van der Waals surface area contributed by atoms with E-state index in [1.165, 1.54) is 11.3 Å². The van der Waals surface area contributed by atoms with Crippen LogP contribution in [-0.2, 0) is 0 Å². The molecule has 2 heterocycles. The monoisotopic (exact) mass is 330 g/mol. The van der Waals surface area contributed by atoms with Crippen LogP contribution in [0.25, 0.3) is 21.5 Å². The summed E-state index contributed by atoms with van der Waals surface area (Å²) in [4.78, 5) is 12.0. The predicted molar refractivity (Wildman–Crippen MR) is 91.5 cm³/mol. The minimum Gasteiger partial charge on any atom is -0.496 e. The van der Waals surface area contributed by atoms with Gasteiger partial charge in [-0.2, -0.15) is 0 Å². The van der Waals surface area contributed by atoms with Gasteiger partial charge in [-0.25, -0.2) is 4.79 Å². The maximum Gasteiger partial charge on any atom is 0.339 e. The van der Waals surface area contributed by atoms with E-state index in [0.29, 0.717) is 22.8 Å². The molecule has 0 atom stereocenters. The first-order valence-corrected chi connectivity index (χ1v) is 8.19. The summed E-state index contributed by atoms with van der Waals surface area (Å²) in [6.45, 7) is 7.82. The Hall–Kier alpha value is -2.21. The highest BCUT2D eigenvalue weighted by atomic mass is 32.1. The summed E-state index contributed by atoms with van der Waals surface area (Å²) in [6, 6.07) is 3.75. The largest absolute Gasteiger partial charge is 0.496 e. The number of fused-ring (bicyclic) bond motifs is 1. The second kappa shape index (κ2) is 5.77. The summed E-state index contributed by atoms with van der Waals surface area (Å²) < 4.78 is 11.0. The molecule has 23 heavy (non-hydrogen) atoms. The molecular formula is C17H18N2O3S. The van der Waals surface area contributed by atoms with Gasteiger partial charge in [-0.3, -0.25) is 0 Å². The van der Waals surface area contributed by atoms with Crippen LogP contribution in [0.3, 0.4) is 0 Å². The van der Waals surface area contributed by atoms with E-state index >= 15 is 0 Å². The van der Waals surface area contributed by atoms with Crippen molar-refractivity contribution in [1.29, 1.82) is 0 Å². The Balaban J connectivity index is 2.27. The molecule has 0 unspecified atom stereocenters. The Morgan fingerprint density at radius 3 is 2.52 bits per heavy atom. The third kappa shape index (κ3) is 2.63. The molecule has 0 N–H and O–H groups in total. The van der Waals surface area contributed by atoms with Crippen LogP contribution in [0.5, 0.6) is 5.75 Å². The first kappa shape index (κ1) is 15.7. The summed E-state index contributed by atoms with van der Waals surface area (Å²) in [5.41, 5.74) is 2.49. The highest BCUT2D eigenvalue weighted by molar-refractivity contribution is 7.14. The smallest absolute Gasteiger partial charge is 0.339 e. The van der Waals surface area contributed by atoms with Gasteiger partial charge in [0, 0.05) is 17.0 Å². The van der Waals surface area contributed by atoms with Crippen molar-refractivity contribution >= 4 is 22.3 Å². The number of hydrogen-bond acceptors (Lipinski definition) is 6. The maximum absolute atomic E-state index is 12.0. The van der Waals surface area contributed by atoms with Gasteiger partial charge in [-0.15, -0.1) is 10.2 Å². The fraction of sp³-hybridized carbons (Fsp3) is 0.353. The SMILES string of the molecule is COc1cc(-c2nnc(C(C)C)s2)cc2oc(=O)c(C)c(C)c12. The molecule has 3 rings (SSSR count). The molecule has 3 aromatic rings. The van der Waals surface area contributed by atoms with E-state index in [1.807, 2.05) is 19.1 Å². The van der Waals surface area contributed by atoms with E-state index in [9.17, 15) is 4.79 Å². The number of benzene rings is 1. The zero-order valence-corrected chi connectivity index (χ0v) is 14.6. The molecule has 0 aliphatic carbocycles. The van der Waals surface area contributed by atoms with Gasteiger partial charge in [0.2, 0.25) is 0 Å². The van der Waals surface area contributed by atoms with Crippen molar-refractivity contribution in [1.82, 2.24) is 10.2 Å². The number of aromatic nitrogens is 2. The van der Waals surface area contributed by atoms with E-state index in [1.54, 1.807) is 14.0 Å². The summed E-state index contributed by atoms with van der Waals surface area (Å²) in [6.07, 6.45) is 0. The number of nitrogens with zero attached hydrogens (tertiary/aromatic N) is 2. The van der Waals surface area contributed by atoms with Gasteiger partial charge in [0.15, 0.2) is 0 Å². The van der Waals surface area contributed by atoms with E-state index in [4.69, 9.17) is 9.15 Å². The van der Waals surface area contributed by atoms with Gasteiger partial charge < -0.3 is 9.15 Å². The fourth-order valence-corrected chi connectivity index (χ4v) is 3.26. The van der Waals surface area contributed by atoms with Crippen molar-refractivity contribution < 1.29 is 9.15 Å². The van der Waals surface area contributed by atoms with Crippen LogP contribution in [-0.4, -0.2) is 17.3 Å². The molecule has 1 aromatic carbocycles. The molecule has 0 bridgehead atoms. The molecule has 0 aliphatic rings. The maximum atomic E-state index is 12.0. The van der Waals surface area contributed by atoms with Crippen molar-refractivity contribution in [3.63, 3.8) is 0 Å². The third-order valence-corrected chi connectivity index (χ3v) is 5.19. The average Bonchev–Trinajstić information content (AvgIpc) is 3.01. The van der Waals surface area contributed by atoms with Crippen LogP contribution in [0.4, 0.5) is 0 Å². The lowest BCUT2D eigenvalue weighted by Gasteiger charge is -2.10. The molecule has 0 spiro atoms. The Morgan fingerprint density at radius 1 is 1.17 bits per heavy atom. The van der Waals surface area contributed by atoms with Crippen LogP contribution in [0.15, 0.2) is 21.3 Å². The molecule has 0 fully saturated rings. The van der Waals surface area contributed by atoms with Crippen LogP contribution in [0, 0.1) is 13.8 Å². The minimum atomic E-state index is -0.325. The van der Waals surface area contributed by atoms with E-state index < -0.39 is 0 Å². The Bertz CT molecular complexity index is 941. The van der Waals surface area contributed by atoms with Gasteiger partial charge in [0.05, 0.1) is 12.5 Å². The second-order valence-corrected chi connectivity index (χ2v) is 6.80. The van der Waals surface area contributed by atoms with Crippen molar-refractivity contribution in [2.45, 2.75) is 33.6 Å². The van der Waals surface area contributed by atoms with Gasteiger partial charge in [-0.1, -0.05) is 25.2 Å². The molecule has 6 heteroatoms. The number of ether oxygens (including phenoxy) is 1. The first-order valence-electron chi connectivity index (χ1n) is 7.38. The number of hydrogen-bond donors (Lipinski definition) is 0. The lowest BCUT2D eigenvalue weighted by Crippen LogP contribution is -2.06. The van der Waals surface area contributed by atoms with Gasteiger partial charge in [0.1, 0.15) is 21.3 Å². The highest BCUT2D eigenvalue weighted by Crippen LogP contribution is 2.36. The Labute approximate surface area is 137 Å². The van der Waals surface area contributed by atoms with Crippen LogP contribution in [0.2, 0.25) is 0 Å². The average molecular weight is 330 g/mol. The topological polar surface area (TPSA) is 65.2 Å². The molecular weight excluding hydrogens is 312 g/mol. The first-order chi connectivity index (χ1) is 10.9. The van der Waals surface area contributed by atoms with Gasteiger partial charge in [-0.05, 0) is 31.5 Å². The number of aryl methyl sites for hydroxylation is 1. The van der Waals surface area contributed by atoms with Crippen LogP contribution < -0.4 is 10.4 Å². The summed E-state index contributed by atoms with van der Waals surface area (Å²) in [5.74, 6) is 0.995. The molecule has 0 radical (unpaired) electrons. The fourth-order valence-electron chi connectivity index (χ4n) is 2.43. The van der Waals surface area contributed by atoms with Gasteiger partial charge in [0.25, 0.3) is 0 Å². The Morgan fingerprint density at radius 2 is 1.91 bits per heavy atom. The van der Waals surface area contributed by atoms with Crippen molar-refractivity contribution in [2.24, 2.45) is 0 Å². The lowest BCUT2D eigenvalue weighted by atomic mass is 10.0. The van der Waals surface area contributed by atoms with Gasteiger partial charge >= 0.3 is 5.63 Å². The van der Waals surface area contributed by atoms with Crippen molar-refractivity contribution in [3.05, 3.63) is 38.7 Å². The summed E-state index contributed by atoms with van der Waals surface area (Å²) >= 11 is 1.54. The Kier molecular flexibility index (Phi) is 3.93. The molecule has 5 nitrogen and oxygen atoms in total. The van der Waals surface area contributed by atoms with E-state index in [0.717, 1.165) is 26.5 Å². The predicted octanol–water partition coefficient (Wildman–Crippen LogP) is 4.06. The van der Waals surface area contributed by atoms with Crippen molar-refractivity contribution in [3.8, 4) is 16.3 Å². The highest BCUT2D eigenvalue weighted by Gasteiger charge is 2.17. The zero-order chi connectivity index (χ0) is 16.7. The summed E-state index contributed by atoms with van der Waals surface area (Å²) in [5, 5.41) is 11.0. The molecule has 0 saturated carbocycles. The summed E-state index contributed by atoms with van der Waals surface area (Å²) in [7, 11) is 1.61. The number of methoxy groups -OCH3 is 1. The molecule has 0 saturated heterocycles. The quantitative estimate of drug-likeness (QED) is 0.678. The standard InChI is InChI=1S/C17H18N2O3S/c1-8(2)15-18-19-16(23-15)11-6-12(21-5)14-9(3)10(4)17(20)22-13(14)7-11/h6-8H,1-5H3.